The van der Waals surface area contributed by atoms with Crippen molar-refractivity contribution in [2.75, 3.05) is 6.54 Å². The number of hydrogen-bond donors (Lipinski definition) is 1. The Kier molecular flexibility index (Phi) is 4.14. The fraction of sp³-hybridized carbons (Fsp3) is 0.300. The molecule has 0 bridgehead atoms. The first-order valence-corrected chi connectivity index (χ1v) is 8.60. The van der Waals surface area contributed by atoms with Gasteiger partial charge in [0.2, 0.25) is 5.91 Å². The predicted molar refractivity (Wildman–Crippen MR) is 94.3 cm³/mol. The smallest absolute Gasteiger partial charge is 0.311 e. The maximum atomic E-state index is 12.0. The van der Waals surface area contributed by atoms with E-state index in [0.717, 1.165) is 34.8 Å². The first-order chi connectivity index (χ1) is 12.2. The lowest BCUT2D eigenvalue weighted by atomic mass is 10.1. The normalized spacial score (nSPS) is 13.9. The molecule has 4 rings (SSSR count). The van der Waals surface area contributed by atoms with Gasteiger partial charge in [-0.2, -0.15) is 0 Å². The van der Waals surface area contributed by atoms with Gasteiger partial charge in [-0.1, -0.05) is 18.2 Å². The molecule has 1 amide bonds. The van der Waals surface area contributed by atoms with E-state index in [-0.39, 0.29) is 24.2 Å². The van der Waals surface area contributed by atoms with Crippen LogP contribution in [0.1, 0.15) is 25.7 Å². The highest BCUT2D eigenvalue weighted by molar-refractivity contribution is 6.05. The molecule has 1 N–H and O–H groups in total. The van der Waals surface area contributed by atoms with Crippen molar-refractivity contribution < 1.29 is 18.7 Å². The summed E-state index contributed by atoms with van der Waals surface area (Å²) in [7, 11) is 0. The minimum absolute atomic E-state index is 0.102. The van der Waals surface area contributed by atoms with Gasteiger partial charge < -0.3 is 14.5 Å². The molecule has 1 aliphatic carbocycles. The number of amides is 1. The number of hydrogen-bond acceptors (Lipinski definition) is 4. The Labute approximate surface area is 144 Å². The Morgan fingerprint density at radius 2 is 1.88 bits per heavy atom. The summed E-state index contributed by atoms with van der Waals surface area (Å²) in [5.74, 6) is 0.507. The summed E-state index contributed by atoms with van der Waals surface area (Å²) >= 11 is 0. The second kappa shape index (κ2) is 6.59. The van der Waals surface area contributed by atoms with Gasteiger partial charge in [0, 0.05) is 29.7 Å². The molecule has 0 aliphatic heterocycles. The van der Waals surface area contributed by atoms with Crippen molar-refractivity contribution in [2.45, 2.75) is 25.7 Å². The van der Waals surface area contributed by atoms with Crippen LogP contribution >= 0.6 is 0 Å². The maximum absolute atomic E-state index is 12.0. The SMILES string of the molecule is O=C(CCCNC(=O)C1CC1)Oc1ccc2oc3ccccc3c2c1. The number of benzene rings is 2. The van der Waals surface area contributed by atoms with Crippen molar-refractivity contribution in [3.8, 4) is 5.75 Å². The van der Waals surface area contributed by atoms with E-state index in [0.29, 0.717) is 18.7 Å². The molecule has 1 fully saturated rings. The highest BCUT2D eigenvalue weighted by Gasteiger charge is 2.29. The van der Waals surface area contributed by atoms with Crippen LogP contribution in [-0.2, 0) is 9.59 Å². The molecule has 0 atom stereocenters. The van der Waals surface area contributed by atoms with E-state index in [1.165, 1.54) is 0 Å². The van der Waals surface area contributed by atoms with Gasteiger partial charge in [-0.25, -0.2) is 0 Å². The molecule has 2 aromatic carbocycles. The topological polar surface area (TPSA) is 68.5 Å². The van der Waals surface area contributed by atoms with Crippen LogP contribution < -0.4 is 10.1 Å². The van der Waals surface area contributed by atoms with Gasteiger partial charge in [0.15, 0.2) is 0 Å². The van der Waals surface area contributed by atoms with Gasteiger partial charge in [-0.05, 0) is 43.5 Å². The van der Waals surface area contributed by atoms with E-state index < -0.39 is 0 Å². The van der Waals surface area contributed by atoms with Crippen molar-refractivity contribution in [3.63, 3.8) is 0 Å². The highest BCUT2D eigenvalue weighted by atomic mass is 16.5. The van der Waals surface area contributed by atoms with Gasteiger partial charge >= 0.3 is 5.97 Å². The molecule has 128 valence electrons. The largest absolute Gasteiger partial charge is 0.456 e. The molecule has 1 aromatic heterocycles. The number of ether oxygens (including phenoxy) is 1. The molecular weight excluding hydrogens is 318 g/mol. The first-order valence-electron chi connectivity index (χ1n) is 8.60. The quantitative estimate of drug-likeness (QED) is 0.422. The van der Waals surface area contributed by atoms with E-state index in [2.05, 4.69) is 5.32 Å². The van der Waals surface area contributed by atoms with Gasteiger partial charge in [0.25, 0.3) is 0 Å². The molecule has 5 heteroatoms. The number of para-hydroxylation sites is 1. The van der Waals surface area contributed by atoms with Gasteiger partial charge in [-0.3, -0.25) is 9.59 Å². The third-order valence-corrected chi connectivity index (χ3v) is 4.38. The van der Waals surface area contributed by atoms with Crippen LogP contribution in [0, 0.1) is 5.92 Å². The molecule has 3 aromatic rings. The number of carbonyl (C=O) groups is 2. The Morgan fingerprint density at radius 1 is 1.08 bits per heavy atom. The van der Waals surface area contributed by atoms with Crippen molar-refractivity contribution in [3.05, 3.63) is 42.5 Å². The third-order valence-electron chi connectivity index (χ3n) is 4.38. The maximum Gasteiger partial charge on any atom is 0.311 e. The summed E-state index contributed by atoms with van der Waals surface area (Å²) in [6.07, 6.45) is 2.82. The van der Waals surface area contributed by atoms with Gasteiger partial charge in [0.1, 0.15) is 16.9 Å². The minimum Gasteiger partial charge on any atom is -0.456 e. The molecule has 1 saturated carbocycles. The molecule has 5 nitrogen and oxygen atoms in total. The van der Waals surface area contributed by atoms with Crippen LogP contribution in [0.3, 0.4) is 0 Å². The van der Waals surface area contributed by atoms with Crippen LogP contribution in [0.4, 0.5) is 0 Å². The Balaban J connectivity index is 1.35. The molecule has 0 spiro atoms. The van der Waals surface area contributed by atoms with E-state index in [4.69, 9.17) is 9.15 Å². The summed E-state index contributed by atoms with van der Waals surface area (Å²) in [6, 6.07) is 13.1. The highest BCUT2D eigenvalue weighted by Crippen LogP contribution is 2.31. The lowest BCUT2D eigenvalue weighted by Gasteiger charge is -2.05. The standard InChI is InChI=1S/C20H19NO4/c22-19(6-3-11-21-20(23)13-7-8-13)24-14-9-10-18-16(12-14)15-4-1-2-5-17(15)25-18/h1-2,4-5,9-10,12-13H,3,6-8,11H2,(H,21,23). The zero-order chi connectivity index (χ0) is 17.2. The molecule has 25 heavy (non-hydrogen) atoms. The predicted octanol–water partition coefficient (Wildman–Crippen LogP) is 3.80. The van der Waals surface area contributed by atoms with Crippen molar-refractivity contribution in [1.29, 1.82) is 0 Å². The van der Waals surface area contributed by atoms with Crippen LogP contribution in [0.5, 0.6) is 5.75 Å². The van der Waals surface area contributed by atoms with Crippen molar-refractivity contribution in [1.82, 2.24) is 5.32 Å². The number of rotatable bonds is 6. The molecule has 0 unspecified atom stereocenters. The van der Waals surface area contributed by atoms with Gasteiger partial charge in [-0.15, -0.1) is 0 Å². The molecular formula is C20H19NO4. The fourth-order valence-electron chi connectivity index (χ4n) is 2.89. The van der Waals surface area contributed by atoms with Crippen LogP contribution in [0.15, 0.2) is 46.9 Å². The zero-order valence-electron chi connectivity index (χ0n) is 13.8. The number of furan rings is 1. The number of nitrogens with one attached hydrogen (secondary N) is 1. The Hall–Kier alpha value is -2.82. The Bertz CT molecular complexity index is 939. The summed E-state index contributed by atoms with van der Waals surface area (Å²) in [4.78, 5) is 23.5. The average Bonchev–Trinajstić information content (AvgIpc) is 3.40. The average molecular weight is 337 g/mol. The lowest BCUT2D eigenvalue weighted by molar-refractivity contribution is -0.134. The summed E-state index contributed by atoms with van der Waals surface area (Å²) in [5, 5.41) is 4.77. The molecule has 0 saturated heterocycles. The van der Waals surface area contributed by atoms with Crippen LogP contribution in [0.2, 0.25) is 0 Å². The first kappa shape index (κ1) is 15.7. The number of carbonyl (C=O) groups excluding carboxylic acids is 2. The Morgan fingerprint density at radius 3 is 2.72 bits per heavy atom. The molecule has 0 radical (unpaired) electrons. The monoisotopic (exact) mass is 337 g/mol. The van der Waals surface area contributed by atoms with Crippen LogP contribution in [0.25, 0.3) is 21.9 Å². The van der Waals surface area contributed by atoms with Gasteiger partial charge in [0.05, 0.1) is 0 Å². The zero-order valence-corrected chi connectivity index (χ0v) is 13.8. The van der Waals surface area contributed by atoms with E-state index in [9.17, 15) is 9.59 Å². The summed E-state index contributed by atoms with van der Waals surface area (Å²) in [5.41, 5.74) is 1.58. The van der Waals surface area contributed by atoms with E-state index >= 15 is 0 Å². The number of fused-ring (bicyclic) bond motifs is 3. The second-order valence-electron chi connectivity index (χ2n) is 6.40. The van der Waals surface area contributed by atoms with Crippen molar-refractivity contribution in [2.24, 2.45) is 5.92 Å². The summed E-state index contributed by atoms with van der Waals surface area (Å²) in [6.45, 7) is 0.510. The van der Waals surface area contributed by atoms with Crippen LogP contribution in [-0.4, -0.2) is 18.4 Å². The number of esters is 1. The van der Waals surface area contributed by atoms with Crippen molar-refractivity contribution >= 4 is 33.8 Å². The fourth-order valence-corrected chi connectivity index (χ4v) is 2.89. The lowest BCUT2D eigenvalue weighted by Crippen LogP contribution is -2.26. The third kappa shape index (κ3) is 3.50. The minimum atomic E-state index is -0.298. The molecule has 1 aliphatic rings. The van der Waals surface area contributed by atoms with E-state index in [1.807, 2.05) is 36.4 Å². The molecule has 1 heterocycles. The second-order valence-corrected chi connectivity index (χ2v) is 6.40. The summed E-state index contributed by atoms with van der Waals surface area (Å²) < 4.78 is 11.2. The van der Waals surface area contributed by atoms with E-state index in [1.54, 1.807) is 6.07 Å².